The highest BCUT2D eigenvalue weighted by Gasteiger charge is 2.44. The van der Waals surface area contributed by atoms with Gasteiger partial charge in [0.05, 0.1) is 48.3 Å². The largest absolute Gasteiger partial charge is 0.416 e. The van der Waals surface area contributed by atoms with Crippen molar-refractivity contribution in [2.45, 2.75) is 93.5 Å². The van der Waals surface area contributed by atoms with Gasteiger partial charge in [-0.05, 0) is 130 Å². The zero-order valence-corrected chi connectivity index (χ0v) is 39.0. The van der Waals surface area contributed by atoms with Crippen molar-refractivity contribution in [2.24, 2.45) is 0 Å². The summed E-state index contributed by atoms with van der Waals surface area (Å²) >= 11 is 12.0. The molecule has 1 fully saturated rings. The molecule has 0 radical (unpaired) electrons. The van der Waals surface area contributed by atoms with Gasteiger partial charge in [-0.1, -0.05) is 48.2 Å². The number of urea groups is 1. The van der Waals surface area contributed by atoms with Crippen LogP contribution < -0.4 is 15.4 Å². The molecule has 2 amide bonds. The second-order valence-corrected chi connectivity index (χ2v) is 19.9. The van der Waals surface area contributed by atoms with Crippen molar-refractivity contribution in [3.05, 3.63) is 189 Å². The van der Waals surface area contributed by atoms with E-state index < -0.39 is 68.0 Å². The molecular weight excluding hydrogens is 962 g/mol. The molecule has 1 saturated carbocycles. The van der Waals surface area contributed by atoms with Gasteiger partial charge in [-0.25, -0.2) is 22.5 Å². The van der Waals surface area contributed by atoms with Crippen molar-refractivity contribution in [1.29, 1.82) is 0 Å². The fourth-order valence-electron chi connectivity index (χ4n) is 7.61. The third-order valence-electron chi connectivity index (χ3n) is 11.0. The van der Waals surface area contributed by atoms with E-state index >= 15 is 0 Å². The molecule has 0 unspecified atom stereocenters. The smallest absolute Gasteiger partial charge is 0.335 e. The monoisotopic (exact) mass is 1010 g/mol. The van der Waals surface area contributed by atoms with Gasteiger partial charge >= 0.3 is 18.4 Å². The number of hydrogen-bond donors (Lipinski definition) is 3. The number of amides is 2. The number of pyridine rings is 4. The van der Waals surface area contributed by atoms with Gasteiger partial charge in [-0.2, -0.15) is 26.3 Å². The summed E-state index contributed by atoms with van der Waals surface area (Å²) in [4.78, 5) is 30.4. The molecule has 1 aliphatic carbocycles. The molecule has 1 aliphatic rings. The maximum absolute atomic E-state index is 14.6. The molecule has 7 rings (SSSR count). The minimum absolute atomic E-state index is 0.0506. The molecule has 4 heterocycles. The standard InChI is InChI=1S/C25H23ClF4N4O.C23H22ClF4N3OS/c26-18-8-9-22(32-15-18)24(14-21-7-3-4-10-31-21,34-23(35)33-20-5-1-2-6-20)16-11-17(25(28,29)30)13-19(27)12-16;1-21(2,3)33(32)31-22(13-19-6-4-5-9-29-19,20-8-7-17(24)14-30-20)15-10-16(23(26,27)28)12-18(25)11-15/h3-4,7-13,15,20H,1-2,5-6,14H2,(H2,33,34,35);4-12,14,31H,13H2,1-3H3/t24-;22-,33-/m00/s1. The Kier molecular flexibility index (Phi) is 16.3. The van der Waals surface area contributed by atoms with Crippen LogP contribution in [0.1, 0.15) is 91.5 Å². The van der Waals surface area contributed by atoms with Crippen LogP contribution >= 0.6 is 23.2 Å². The summed E-state index contributed by atoms with van der Waals surface area (Å²) in [7, 11) is -1.78. The first-order valence-corrected chi connectivity index (χ1v) is 23.0. The Labute approximate surface area is 400 Å². The van der Waals surface area contributed by atoms with Gasteiger partial charge in [0.1, 0.15) is 22.7 Å². The molecule has 360 valence electrons. The zero-order chi connectivity index (χ0) is 49.5. The van der Waals surface area contributed by atoms with Crippen molar-refractivity contribution in [1.82, 2.24) is 35.3 Å². The Morgan fingerprint density at radius 3 is 1.49 bits per heavy atom. The van der Waals surface area contributed by atoms with E-state index in [4.69, 9.17) is 23.2 Å². The van der Waals surface area contributed by atoms with E-state index in [1.165, 1.54) is 49.1 Å². The van der Waals surface area contributed by atoms with Gasteiger partial charge in [0.25, 0.3) is 0 Å². The van der Waals surface area contributed by atoms with Crippen LogP contribution in [0.3, 0.4) is 0 Å². The summed E-state index contributed by atoms with van der Waals surface area (Å²) in [5.74, 6) is -2.17. The van der Waals surface area contributed by atoms with Gasteiger partial charge in [0.2, 0.25) is 0 Å². The highest BCUT2D eigenvalue weighted by Crippen LogP contribution is 2.40. The van der Waals surface area contributed by atoms with Gasteiger partial charge in [-0.15, -0.1) is 0 Å². The van der Waals surface area contributed by atoms with Crippen molar-refractivity contribution in [3.8, 4) is 0 Å². The number of carbonyl (C=O) groups is 1. The SMILES string of the molecule is CC(C)(C)[S@](=O)N[C@@](Cc1ccccn1)(c1cc(F)cc(C(F)(F)F)c1)c1ccc(Cl)cn1.O=C(NC1CCCC1)N[C@@](Cc1ccccn1)(c1cc(F)cc(C(F)(F)F)c1)c1ccc(Cl)cn1. The third kappa shape index (κ3) is 13.1. The summed E-state index contributed by atoms with van der Waals surface area (Å²) in [5, 5.41) is 6.32. The predicted octanol–water partition coefficient (Wildman–Crippen LogP) is 11.8. The molecule has 9 nitrogen and oxygen atoms in total. The van der Waals surface area contributed by atoms with Crippen LogP contribution in [0.25, 0.3) is 0 Å². The summed E-state index contributed by atoms with van der Waals surface area (Å²) in [5.41, 5.74) is -4.50. The van der Waals surface area contributed by atoms with E-state index in [0.29, 0.717) is 33.6 Å². The Hall–Kier alpha value is -5.56. The van der Waals surface area contributed by atoms with Gasteiger partial charge in [0.15, 0.2) is 0 Å². The summed E-state index contributed by atoms with van der Waals surface area (Å²) in [6.07, 6.45) is -0.452. The normalized spacial score (nSPS) is 15.6. The fraction of sp³-hybridized carbons (Fsp3) is 0.312. The van der Waals surface area contributed by atoms with Crippen molar-refractivity contribution in [3.63, 3.8) is 0 Å². The number of benzene rings is 2. The van der Waals surface area contributed by atoms with E-state index in [2.05, 4.69) is 35.3 Å². The first-order chi connectivity index (χ1) is 32.0. The number of nitrogens with zero attached hydrogens (tertiary/aromatic N) is 4. The molecule has 20 heteroatoms. The van der Waals surface area contributed by atoms with Crippen LogP contribution in [-0.2, 0) is 47.3 Å². The van der Waals surface area contributed by atoms with E-state index in [9.17, 15) is 44.1 Å². The number of aromatic nitrogens is 4. The maximum atomic E-state index is 14.6. The number of hydrogen-bond acceptors (Lipinski definition) is 6. The predicted molar refractivity (Wildman–Crippen MR) is 244 cm³/mol. The van der Waals surface area contributed by atoms with Gasteiger partial charge in [0, 0.05) is 55.1 Å². The summed E-state index contributed by atoms with van der Waals surface area (Å²) in [6.45, 7) is 5.14. The molecule has 0 saturated heterocycles. The quantitative estimate of drug-likeness (QED) is 0.105. The Morgan fingerprint density at radius 2 is 1.07 bits per heavy atom. The minimum atomic E-state index is -4.80. The van der Waals surface area contributed by atoms with E-state index in [0.717, 1.165) is 49.9 Å². The number of halogens is 10. The maximum Gasteiger partial charge on any atom is 0.416 e. The molecule has 0 aliphatic heterocycles. The second-order valence-electron chi connectivity index (χ2n) is 17.0. The first-order valence-electron chi connectivity index (χ1n) is 21.1. The molecule has 2 aromatic carbocycles. The van der Waals surface area contributed by atoms with Crippen molar-refractivity contribution >= 4 is 40.2 Å². The van der Waals surface area contributed by atoms with E-state index in [1.54, 1.807) is 57.2 Å². The number of rotatable bonds is 12. The van der Waals surface area contributed by atoms with Crippen molar-refractivity contribution in [2.75, 3.05) is 0 Å². The van der Waals surface area contributed by atoms with E-state index in [-0.39, 0.29) is 41.4 Å². The average Bonchev–Trinajstić information content (AvgIpc) is 3.79. The Morgan fingerprint density at radius 1 is 0.632 bits per heavy atom. The van der Waals surface area contributed by atoms with Crippen molar-refractivity contribution < 1.29 is 44.1 Å². The lowest BCUT2D eigenvalue weighted by molar-refractivity contribution is -0.138. The van der Waals surface area contributed by atoms with Crippen LogP contribution in [-0.4, -0.2) is 41.0 Å². The number of nitrogens with one attached hydrogen (secondary N) is 3. The zero-order valence-electron chi connectivity index (χ0n) is 36.7. The molecule has 6 aromatic rings. The number of alkyl halides is 6. The van der Waals surface area contributed by atoms with Crippen LogP contribution in [0, 0.1) is 11.6 Å². The Balaban J connectivity index is 0.000000224. The highest BCUT2D eigenvalue weighted by atomic mass is 35.5. The Bertz CT molecular complexity index is 2670. The van der Waals surface area contributed by atoms with Gasteiger partial charge in [-0.3, -0.25) is 19.9 Å². The average molecular weight is 1010 g/mol. The topological polar surface area (TPSA) is 122 Å². The minimum Gasteiger partial charge on any atom is -0.335 e. The second kappa shape index (κ2) is 21.4. The van der Waals surface area contributed by atoms with Crippen LogP contribution in [0.5, 0.6) is 0 Å². The molecule has 68 heavy (non-hydrogen) atoms. The summed E-state index contributed by atoms with van der Waals surface area (Å²) < 4.78 is 126. The molecule has 3 atom stereocenters. The van der Waals surface area contributed by atoms with Crippen LogP contribution in [0.4, 0.5) is 39.9 Å². The number of carbonyl (C=O) groups excluding carboxylic acids is 1. The first kappa shape index (κ1) is 51.8. The lowest BCUT2D eigenvalue weighted by Gasteiger charge is -2.37. The van der Waals surface area contributed by atoms with Crippen LogP contribution in [0.15, 0.2) is 122 Å². The molecular formula is C48H45Cl2F8N7O2S. The summed E-state index contributed by atoms with van der Waals surface area (Å²) in [6, 6.07) is 20.0. The molecule has 0 spiro atoms. The van der Waals surface area contributed by atoms with Crippen LogP contribution in [0.2, 0.25) is 10.0 Å². The molecule has 0 bridgehead atoms. The fourth-order valence-corrected chi connectivity index (χ4v) is 8.75. The van der Waals surface area contributed by atoms with Gasteiger partial charge < -0.3 is 10.6 Å². The third-order valence-corrected chi connectivity index (χ3v) is 13.0. The molecule has 3 N–H and O–H groups in total. The molecule has 4 aromatic heterocycles. The lowest BCUT2D eigenvalue weighted by Crippen LogP contribution is -2.54. The van der Waals surface area contributed by atoms with E-state index in [1.807, 2.05) is 0 Å². The lowest BCUT2D eigenvalue weighted by atomic mass is 9.81. The highest BCUT2D eigenvalue weighted by molar-refractivity contribution is 7.84.